The fourth-order valence-electron chi connectivity index (χ4n) is 0. The van der Waals surface area contributed by atoms with Gasteiger partial charge in [-0.15, -0.1) is 0 Å². The van der Waals surface area contributed by atoms with Crippen LogP contribution in [0.25, 0.3) is 0 Å². The maximum atomic E-state index is 9.56. The predicted octanol–water partition coefficient (Wildman–Crippen LogP) is 1.25. The second-order valence-corrected chi connectivity index (χ2v) is 4.76. The molecule has 0 heterocycles. The van der Waals surface area contributed by atoms with Gasteiger partial charge in [0.1, 0.15) is 8.77 Å². The highest BCUT2D eigenvalue weighted by Crippen LogP contribution is 1.63. The minimum absolute atomic E-state index is 1.09. The second kappa shape index (κ2) is 5.47. The zero-order valence-electron chi connectivity index (χ0n) is 5.38. The molecule has 52 valence electrons. The lowest BCUT2D eigenvalue weighted by atomic mass is 10.6. The monoisotopic (exact) mass is 156 g/mol. The van der Waals surface area contributed by atoms with Crippen molar-refractivity contribution in [1.82, 2.24) is 0 Å². The molecule has 4 heteroatoms. The summed E-state index contributed by atoms with van der Waals surface area (Å²) < 4.78 is 17.4. The van der Waals surface area contributed by atoms with Crippen molar-refractivity contribution < 1.29 is 8.76 Å². The third kappa shape index (κ3) is 1650. The lowest BCUT2D eigenvalue weighted by molar-refractivity contribution is 0.568. The second-order valence-electron chi connectivity index (χ2n) is 1.44. The van der Waals surface area contributed by atoms with Gasteiger partial charge in [0.15, 0.2) is 0 Å². The van der Waals surface area contributed by atoms with E-state index in [0.29, 0.717) is 0 Å². The Bertz CT molecular complexity index is 106. The Morgan fingerprint density at radius 3 is 1.62 bits per heavy atom. The normalized spacial score (nSPS) is 15.5. The SMILES string of the molecule is CCC.CS(=O)(O)=S. The summed E-state index contributed by atoms with van der Waals surface area (Å²) >= 11 is 3.91. The molecule has 0 aliphatic rings. The van der Waals surface area contributed by atoms with Gasteiger partial charge in [-0.2, -0.15) is 0 Å². The van der Waals surface area contributed by atoms with Crippen LogP contribution in [0, 0.1) is 0 Å². The van der Waals surface area contributed by atoms with Crippen molar-refractivity contribution in [3.8, 4) is 0 Å². The number of rotatable bonds is 0. The summed E-state index contributed by atoms with van der Waals surface area (Å²) in [4.78, 5) is 0. The average Bonchev–Trinajstić information content (AvgIpc) is 1.27. The van der Waals surface area contributed by atoms with Crippen LogP contribution in [0.1, 0.15) is 20.3 Å². The highest BCUT2D eigenvalue weighted by atomic mass is 32.8. The third-order valence-corrected chi connectivity index (χ3v) is 0. The summed E-state index contributed by atoms with van der Waals surface area (Å²) in [5.74, 6) is 0. The van der Waals surface area contributed by atoms with Gasteiger partial charge < -0.3 is 4.55 Å². The molecule has 0 bridgehead atoms. The van der Waals surface area contributed by atoms with E-state index in [1.54, 1.807) is 0 Å². The van der Waals surface area contributed by atoms with E-state index in [2.05, 4.69) is 25.0 Å². The molecule has 0 amide bonds. The van der Waals surface area contributed by atoms with Gasteiger partial charge in [-0.1, -0.05) is 20.3 Å². The number of hydrogen-bond donors (Lipinski definition) is 1. The van der Waals surface area contributed by atoms with Gasteiger partial charge in [0.05, 0.1) is 0 Å². The maximum Gasteiger partial charge on any atom is 0.138 e. The topological polar surface area (TPSA) is 37.3 Å². The van der Waals surface area contributed by atoms with Crippen molar-refractivity contribution in [2.45, 2.75) is 20.3 Å². The molecule has 0 spiro atoms. The van der Waals surface area contributed by atoms with Crippen molar-refractivity contribution in [2.24, 2.45) is 0 Å². The molecule has 2 nitrogen and oxygen atoms in total. The van der Waals surface area contributed by atoms with Crippen LogP contribution in [-0.4, -0.2) is 15.0 Å². The van der Waals surface area contributed by atoms with Crippen molar-refractivity contribution in [1.29, 1.82) is 0 Å². The summed E-state index contributed by atoms with van der Waals surface area (Å²) in [5, 5.41) is 0. The summed E-state index contributed by atoms with van der Waals surface area (Å²) in [7, 11) is -2.83. The first-order chi connectivity index (χ1) is 3.41. The third-order valence-electron chi connectivity index (χ3n) is 0. The molecule has 0 saturated carbocycles. The van der Waals surface area contributed by atoms with Gasteiger partial charge in [0.2, 0.25) is 0 Å². The van der Waals surface area contributed by atoms with Crippen LogP contribution in [0.4, 0.5) is 0 Å². The molecule has 0 radical (unpaired) electrons. The van der Waals surface area contributed by atoms with Crippen molar-refractivity contribution in [2.75, 3.05) is 6.26 Å². The van der Waals surface area contributed by atoms with Crippen LogP contribution in [0.2, 0.25) is 0 Å². The van der Waals surface area contributed by atoms with Crippen molar-refractivity contribution in [3.63, 3.8) is 0 Å². The van der Waals surface area contributed by atoms with Gasteiger partial charge in [-0.05, 0) is 0 Å². The Morgan fingerprint density at radius 1 is 1.62 bits per heavy atom. The molecule has 0 aliphatic heterocycles. The summed E-state index contributed by atoms with van der Waals surface area (Å²) in [5.41, 5.74) is 0. The van der Waals surface area contributed by atoms with Crippen molar-refractivity contribution in [3.05, 3.63) is 0 Å². The average molecular weight is 156 g/mol. The zero-order chi connectivity index (χ0) is 7.21. The van der Waals surface area contributed by atoms with E-state index in [9.17, 15) is 4.21 Å². The van der Waals surface area contributed by atoms with E-state index in [-0.39, 0.29) is 0 Å². The minimum Gasteiger partial charge on any atom is -0.306 e. The van der Waals surface area contributed by atoms with Gasteiger partial charge >= 0.3 is 0 Å². The van der Waals surface area contributed by atoms with E-state index in [1.165, 1.54) is 6.42 Å². The van der Waals surface area contributed by atoms with E-state index in [4.69, 9.17) is 4.55 Å². The standard InChI is InChI=1S/C3H8.CH4O2S2/c1-3-2;1-5(2,3)4/h3H2,1-2H3;1H3,(H,2,3,4). The Balaban J connectivity index is 0. The molecule has 1 unspecified atom stereocenters. The Kier molecular flexibility index (Phi) is 7.63. The zero-order valence-corrected chi connectivity index (χ0v) is 7.01. The quantitative estimate of drug-likeness (QED) is 0.573. The first kappa shape index (κ1) is 11.2. The first-order valence-corrected chi connectivity index (χ1v) is 5.19. The summed E-state index contributed by atoms with van der Waals surface area (Å²) in [6.07, 6.45) is 2.34. The minimum atomic E-state index is -2.83. The van der Waals surface area contributed by atoms with Gasteiger partial charge in [0, 0.05) is 17.4 Å². The fourth-order valence-corrected chi connectivity index (χ4v) is 0. The van der Waals surface area contributed by atoms with E-state index < -0.39 is 8.77 Å². The van der Waals surface area contributed by atoms with Crippen molar-refractivity contribution >= 4 is 20.0 Å². The van der Waals surface area contributed by atoms with Crippen LogP contribution in [0.15, 0.2) is 0 Å². The molecule has 0 fully saturated rings. The number of hydrogen-bond acceptors (Lipinski definition) is 2. The fraction of sp³-hybridized carbons (Fsp3) is 1.00. The smallest absolute Gasteiger partial charge is 0.138 e. The molecular weight excluding hydrogens is 144 g/mol. The molecule has 8 heavy (non-hydrogen) atoms. The van der Waals surface area contributed by atoms with Gasteiger partial charge in [0.25, 0.3) is 0 Å². The van der Waals surface area contributed by atoms with Crippen LogP contribution < -0.4 is 0 Å². The lowest BCUT2D eigenvalue weighted by Gasteiger charge is -1.74. The summed E-state index contributed by atoms with van der Waals surface area (Å²) in [6, 6.07) is 0. The highest BCUT2D eigenvalue weighted by molar-refractivity contribution is 8.29. The Labute approximate surface area is 55.8 Å². The van der Waals surface area contributed by atoms with Gasteiger partial charge in [-0.3, -0.25) is 0 Å². The van der Waals surface area contributed by atoms with E-state index >= 15 is 0 Å². The molecular formula is C4H12O2S2. The van der Waals surface area contributed by atoms with E-state index in [1.807, 2.05) is 0 Å². The lowest BCUT2D eigenvalue weighted by Crippen LogP contribution is -1.85. The first-order valence-electron chi connectivity index (χ1n) is 2.34. The van der Waals surface area contributed by atoms with Crippen LogP contribution in [-0.2, 0) is 20.0 Å². The Morgan fingerprint density at radius 2 is 1.62 bits per heavy atom. The van der Waals surface area contributed by atoms with E-state index in [0.717, 1.165) is 6.26 Å². The molecule has 0 aromatic rings. The highest BCUT2D eigenvalue weighted by Gasteiger charge is 1.75. The predicted molar refractivity (Wildman–Crippen MR) is 40.0 cm³/mol. The van der Waals surface area contributed by atoms with Gasteiger partial charge in [-0.25, -0.2) is 4.21 Å². The molecule has 0 aromatic heterocycles. The summed E-state index contributed by atoms with van der Waals surface area (Å²) in [6.45, 7) is 4.25. The van der Waals surface area contributed by atoms with Crippen LogP contribution in [0.3, 0.4) is 0 Å². The van der Waals surface area contributed by atoms with Crippen LogP contribution >= 0.6 is 0 Å². The molecule has 1 N–H and O–H groups in total. The molecule has 0 aliphatic carbocycles. The molecule has 0 saturated heterocycles. The van der Waals surface area contributed by atoms with Crippen LogP contribution in [0.5, 0.6) is 0 Å². The molecule has 1 atom stereocenters. The maximum absolute atomic E-state index is 9.56. The molecule has 0 aromatic carbocycles. The largest absolute Gasteiger partial charge is 0.306 e. The Hall–Kier alpha value is 0.330. The molecule has 0 rings (SSSR count).